The molecule has 1 heterocycles. The molecule has 31 heavy (non-hydrogen) atoms. The number of allylic oxidation sites excluding steroid dienone is 2. The average Bonchev–Trinajstić information content (AvgIpc) is 2.71. The van der Waals surface area contributed by atoms with E-state index in [2.05, 4.69) is 50.5 Å². The molecule has 0 aromatic heterocycles. The molecule has 0 aromatic rings. The number of hydrogen-bond acceptors (Lipinski definition) is 5. The van der Waals surface area contributed by atoms with Crippen LogP contribution >= 0.6 is 0 Å². The van der Waals surface area contributed by atoms with E-state index in [0.717, 1.165) is 25.7 Å². The molecule has 1 fully saturated rings. The van der Waals surface area contributed by atoms with Gasteiger partial charge in [-0.15, -0.1) is 0 Å². The molecule has 0 unspecified atom stereocenters. The zero-order valence-corrected chi connectivity index (χ0v) is 19.9. The highest BCUT2D eigenvalue weighted by Gasteiger charge is 2.31. The Labute approximate surface area is 187 Å². The summed E-state index contributed by atoms with van der Waals surface area (Å²) < 4.78 is 10.2. The highest BCUT2D eigenvalue weighted by atomic mass is 16.5. The standard InChI is InChI=1S/C24H42N2O5/c1-17(2)12-13-19-10-7-9-15-31-24(29)25-14-8-6-11-21(23(28)30-5)26-22(27)20(19)16-18(3)4/h12-13,17-21H,6-11,14-16H2,1-5H3,(H,25,29)(H,26,27)/t19-,20-,21+/m1/s1. The summed E-state index contributed by atoms with van der Waals surface area (Å²) in [6.45, 7) is 9.29. The van der Waals surface area contributed by atoms with Gasteiger partial charge in [0.15, 0.2) is 0 Å². The van der Waals surface area contributed by atoms with E-state index >= 15 is 0 Å². The molecular formula is C24H42N2O5. The molecule has 2 amide bonds. The molecule has 2 N–H and O–H groups in total. The number of amides is 2. The molecule has 1 saturated heterocycles. The third-order valence-electron chi connectivity index (χ3n) is 5.48. The molecule has 0 saturated carbocycles. The Balaban J connectivity index is 3.10. The first kappa shape index (κ1) is 27.0. The monoisotopic (exact) mass is 438 g/mol. The van der Waals surface area contributed by atoms with E-state index in [1.165, 1.54) is 7.11 Å². The van der Waals surface area contributed by atoms with Gasteiger partial charge in [0.1, 0.15) is 6.04 Å². The van der Waals surface area contributed by atoms with Crippen LogP contribution in [0.5, 0.6) is 0 Å². The van der Waals surface area contributed by atoms with Crippen molar-refractivity contribution in [1.29, 1.82) is 0 Å². The van der Waals surface area contributed by atoms with E-state index in [0.29, 0.717) is 44.2 Å². The maximum Gasteiger partial charge on any atom is 0.407 e. The third kappa shape index (κ3) is 11.2. The van der Waals surface area contributed by atoms with Crippen LogP contribution in [0.3, 0.4) is 0 Å². The maximum absolute atomic E-state index is 13.3. The van der Waals surface area contributed by atoms with Gasteiger partial charge in [0.2, 0.25) is 5.91 Å². The molecule has 3 atom stereocenters. The molecule has 1 aliphatic heterocycles. The second kappa shape index (κ2) is 14.9. The van der Waals surface area contributed by atoms with E-state index in [-0.39, 0.29) is 17.7 Å². The van der Waals surface area contributed by atoms with Crippen LogP contribution in [0, 0.1) is 23.7 Å². The Morgan fingerprint density at radius 1 is 1.13 bits per heavy atom. The minimum atomic E-state index is -0.679. The second-order valence-electron chi connectivity index (χ2n) is 9.17. The van der Waals surface area contributed by atoms with Crippen molar-refractivity contribution in [1.82, 2.24) is 10.6 Å². The van der Waals surface area contributed by atoms with Crippen molar-refractivity contribution in [2.24, 2.45) is 23.7 Å². The summed E-state index contributed by atoms with van der Waals surface area (Å²) in [6, 6.07) is -0.679. The van der Waals surface area contributed by atoms with Gasteiger partial charge in [0.25, 0.3) is 0 Å². The SMILES string of the molecule is COC(=O)[C@@H]1CCCCNC(=O)OCCCC[C@H](C=CC(C)C)[C@@H](CC(C)C)C(=O)N1. The molecule has 7 nitrogen and oxygen atoms in total. The molecule has 178 valence electrons. The Hall–Kier alpha value is -2.05. The van der Waals surface area contributed by atoms with Gasteiger partial charge >= 0.3 is 12.1 Å². The van der Waals surface area contributed by atoms with Crippen LogP contribution in [-0.4, -0.2) is 44.3 Å². The molecule has 0 aromatic carbocycles. The van der Waals surface area contributed by atoms with Gasteiger partial charge in [0, 0.05) is 12.5 Å². The zero-order chi connectivity index (χ0) is 23.2. The first-order valence-corrected chi connectivity index (χ1v) is 11.7. The molecule has 1 rings (SSSR count). The van der Waals surface area contributed by atoms with E-state index in [1.54, 1.807) is 0 Å². The Bertz CT molecular complexity index is 589. The second-order valence-corrected chi connectivity index (χ2v) is 9.17. The Morgan fingerprint density at radius 2 is 1.84 bits per heavy atom. The highest BCUT2D eigenvalue weighted by Crippen LogP contribution is 2.28. The van der Waals surface area contributed by atoms with Crippen molar-refractivity contribution >= 4 is 18.0 Å². The van der Waals surface area contributed by atoms with Gasteiger partial charge in [-0.3, -0.25) is 4.79 Å². The maximum atomic E-state index is 13.3. The van der Waals surface area contributed by atoms with Crippen LogP contribution in [0.25, 0.3) is 0 Å². The van der Waals surface area contributed by atoms with Crippen LogP contribution in [-0.2, 0) is 19.1 Å². The predicted octanol–water partition coefficient (Wildman–Crippen LogP) is 4.22. The molecule has 0 bridgehead atoms. The number of hydrogen-bond donors (Lipinski definition) is 2. The minimum Gasteiger partial charge on any atom is -0.467 e. The fraction of sp³-hybridized carbons (Fsp3) is 0.792. The lowest BCUT2D eigenvalue weighted by Crippen LogP contribution is -2.46. The number of alkyl carbamates (subject to hydrolysis) is 1. The van der Waals surface area contributed by atoms with Crippen molar-refractivity contribution in [3.05, 3.63) is 12.2 Å². The van der Waals surface area contributed by atoms with Gasteiger partial charge in [0.05, 0.1) is 13.7 Å². The van der Waals surface area contributed by atoms with Crippen molar-refractivity contribution in [3.63, 3.8) is 0 Å². The summed E-state index contributed by atoms with van der Waals surface area (Å²) in [4.78, 5) is 37.4. The van der Waals surface area contributed by atoms with E-state index in [1.807, 2.05) is 0 Å². The largest absolute Gasteiger partial charge is 0.467 e. The van der Waals surface area contributed by atoms with E-state index < -0.39 is 18.1 Å². The zero-order valence-electron chi connectivity index (χ0n) is 19.9. The summed E-state index contributed by atoms with van der Waals surface area (Å²) in [5, 5.41) is 5.70. The van der Waals surface area contributed by atoms with E-state index in [9.17, 15) is 14.4 Å². The number of carbonyl (C=O) groups excluding carboxylic acids is 3. The third-order valence-corrected chi connectivity index (χ3v) is 5.48. The summed E-state index contributed by atoms with van der Waals surface area (Å²) in [5.74, 6) is 0.0561. The normalized spacial score (nSPS) is 25.2. The first-order valence-electron chi connectivity index (χ1n) is 11.7. The number of methoxy groups -OCH3 is 1. The molecule has 7 heteroatoms. The highest BCUT2D eigenvalue weighted by molar-refractivity contribution is 5.86. The molecular weight excluding hydrogens is 396 g/mol. The minimum absolute atomic E-state index is 0.0600. The van der Waals surface area contributed by atoms with Crippen molar-refractivity contribution < 1.29 is 23.9 Å². The summed E-state index contributed by atoms with van der Waals surface area (Å²) in [7, 11) is 1.34. The van der Waals surface area contributed by atoms with Gasteiger partial charge < -0.3 is 20.1 Å². The number of ether oxygens (including phenoxy) is 2. The number of cyclic esters (lactones) is 1. The molecule has 0 aliphatic carbocycles. The number of nitrogens with one attached hydrogen (secondary N) is 2. The molecule has 0 spiro atoms. The van der Waals surface area contributed by atoms with Gasteiger partial charge in [-0.05, 0) is 62.7 Å². The average molecular weight is 439 g/mol. The smallest absolute Gasteiger partial charge is 0.407 e. The first-order chi connectivity index (χ1) is 14.7. The lowest BCUT2D eigenvalue weighted by molar-refractivity contribution is -0.146. The van der Waals surface area contributed by atoms with Crippen LogP contribution in [0.2, 0.25) is 0 Å². The van der Waals surface area contributed by atoms with Crippen molar-refractivity contribution in [2.45, 2.75) is 78.7 Å². The van der Waals surface area contributed by atoms with Gasteiger partial charge in [-0.25, -0.2) is 9.59 Å². The Morgan fingerprint density at radius 3 is 2.48 bits per heavy atom. The lowest BCUT2D eigenvalue weighted by atomic mass is 9.81. The van der Waals surface area contributed by atoms with Crippen molar-refractivity contribution in [3.8, 4) is 0 Å². The molecule has 0 radical (unpaired) electrons. The Kier molecular flexibility index (Phi) is 12.9. The van der Waals surface area contributed by atoms with Gasteiger partial charge in [-0.2, -0.15) is 0 Å². The van der Waals surface area contributed by atoms with Crippen LogP contribution in [0.1, 0.15) is 72.6 Å². The van der Waals surface area contributed by atoms with Gasteiger partial charge in [-0.1, -0.05) is 39.8 Å². The van der Waals surface area contributed by atoms with Crippen LogP contribution in [0.15, 0.2) is 12.2 Å². The van der Waals surface area contributed by atoms with Crippen LogP contribution < -0.4 is 10.6 Å². The topological polar surface area (TPSA) is 93.7 Å². The van der Waals surface area contributed by atoms with Crippen LogP contribution in [0.4, 0.5) is 4.79 Å². The predicted molar refractivity (Wildman–Crippen MR) is 121 cm³/mol. The fourth-order valence-electron chi connectivity index (χ4n) is 3.81. The number of rotatable bonds is 5. The summed E-state index contributed by atoms with van der Waals surface area (Å²) in [6.07, 6.45) is 8.89. The number of esters is 1. The van der Waals surface area contributed by atoms with Crippen molar-refractivity contribution in [2.75, 3.05) is 20.3 Å². The summed E-state index contributed by atoms with van der Waals surface area (Å²) >= 11 is 0. The quantitative estimate of drug-likeness (QED) is 0.495. The lowest BCUT2D eigenvalue weighted by Gasteiger charge is -2.28. The number of carbonyl (C=O) groups is 3. The summed E-state index contributed by atoms with van der Waals surface area (Å²) in [5.41, 5.74) is 0. The molecule has 1 aliphatic rings. The fourth-order valence-corrected chi connectivity index (χ4v) is 3.81. The van der Waals surface area contributed by atoms with E-state index in [4.69, 9.17) is 9.47 Å².